The predicted molar refractivity (Wildman–Crippen MR) is 66.9 cm³/mol. The number of aliphatic hydroxyl groups is 1. The van der Waals surface area contributed by atoms with Gasteiger partial charge in [-0.1, -0.05) is 19.4 Å². The monoisotopic (exact) mass is 251 g/mol. The molecule has 1 fully saturated rings. The van der Waals surface area contributed by atoms with Gasteiger partial charge in [0, 0.05) is 5.56 Å². The molecule has 0 bridgehead atoms. The van der Waals surface area contributed by atoms with Crippen LogP contribution in [0, 0.1) is 12.7 Å². The van der Waals surface area contributed by atoms with Crippen molar-refractivity contribution >= 4 is 5.91 Å². The van der Waals surface area contributed by atoms with Crippen LogP contribution < -0.4 is 0 Å². The fourth-order valence-electron chi connectivity index (χ4n) is 2.43. The van der Waals surface area contributed by atoms with Gasteiger partial charge < -0.3 is 10.0 Å². The van der Waals surface area contributed by atoms with Crippen molar-refractivity contribution in [3.8, 4) is 0 Å². The zero-order valence-electron chi connectivity index (χ0n) is 10.7. The Morgan fingerprint density at radius 2 is 2.17 bits per heavy atom. The summed E-state index contributed by atoms with van der Waals surface area (Å²) in [7, 11) is 0. The second kappa shape index (κ2) is 4.69. The minimum Gasteiger partial charge on any atom is -0.386 e. The molecular weight excluding hydrogens is 233 g/mol. The first-order valence-electron chi connectivity index (χ1n) is 6.23. The number of hydrogen-bond acceptors (Lipinski definition) is 2. The van der Waals surface area contributed by atoms with Gasteiger partial charge in [0.2, 0.25) is 0 Å². The van der Waals surface area contributed by atoms with E-state index in [9.17, 15) is 14.3 Å². The quantitative estimate of drug-likeness (QED) is 0.894. The Morgan fingerprint density at radius 3 is 2.78 bits per heavy atom. The highest BCUT2D eigenvalue weighted by Crippen LogP contribution is 2.28. The second-order valence-electron chi connectivity index (χ2n) is 5.09. The number of likely N-dealkylation sites (tertiary alicyclic amines) is 1. The molecule has 2 rings (SSSR count). The molecule has 98 valence electrons. The summed E-state index contributed by atoms with van der Waals surface area (Å²) in [5, 5.41) is 10.0. The van der Waals surface area contributed by atoms with Gasteiger partial charge in [0.05, 0.1) is 18.7 Å². The molecule has 1 N–H and O–H groups in total. The third-order valence-electron chi connectivity index (χ3n) is 3.40. The summed E-state index contributed by atoms with van der Waals surface area (Å²) in [6.07, 6.45) is 1.58. The number of halogens is 1. The van der Waals surface area contributed by atoms with Crippen LogP contribution in [0.5, 0.6) is 0 Å². The molecule has 1 aliphatic rings. The molecule has 0 atom stereocenters. The van der Waals surface area contributed by atoms with E-state index >= 15 is 0 Å². The van der Waals surface area contributed by atoms with Crippen molar-refractivity contribution in [2.24, 2.45) is 0 Å². The molecule has 0 unspecified atom stereocenters. The van der Waals surface area contributed by atoms with Gasteiger partial charge in [-0.2, -0.15) is 0 Å². The van der Waals surface area contributed by atoms with E-state index in [1.54, 1.807) is 17.9 Å². The summed E-state index contributed by atoms with van der Waals surface area (Å²) in [5.74, 6) is -0.610. The lowest BCUT2D eigenvalue weighted by atomic mass is 9.88. The highest BCUT2D eigenvalue weighted by molar-refractivity contribution is 5.96. The van der Waals surface area contributed by atoms with Crippen molar-refractivity contribution in [2.45, 2.75) is 32.3 Å². The molecule has 1 aromatic rings. The van der Waals surface area contributed by atoms with Crippen LogP contribution in [0.2, 0.25) is 0 Å². The van der Waals surface area contributed by atoms with Gasteiger partial charge in [-0.3, -0.25) is 4.79 Å². The number of amides is 1. The summed E-state index contributed by atoms with van der Waals surface area (Å²) in [5.41, 5.74) is 0.395. The Labute approximate surface area is 106 Å². The topological polar surface area (TPSA) is 40.5 Å². The van der Waals surface area contributed by atoms with Crippen molar-refractivity contribution in [1.29, 1.82) is 0 Å². The Balaban J connectivity index is 2.08. The molecule has 0 aliphatic carbocycles. The van der Waals surface area contributed by atoms with Crippen LogP contribution in [-0.2, 0) is 0 Å². The maximum absolute atomic E-state index is 13.1. The van der Waals surface area contributed by atoms with E-state index < -0.39 is 11.4 Å². The molecule has 1 aliphatic heterocycles. The van der Waals surface area contributed by atoms with Crippen LogP contribution in [0.15, 0.2) is 18.2 Å². The Kier molecular flexibility index (Phi) is 3.39. The number of benzene rings is 1. The van der Waals surface area contributed by atoms with Gasteiger partial charge in [-0.25, -0.2) is 4.39 Å². The average Bonchev–Trinajstić information content (AvgIpc) is 2.28. The van der Waals surface area contributed by atoms with E-state index in [0.29, 0.717) is 25.1 Å². The number of β-amino-alcohol motifs (C(OH)–C–C–N with tert-alkyl or cyclic N) is 1. The number of hydrogen-bond donors (Lipinski definition) is 1. The summed E-state index contributed by atoms with van der Waals surface area (Å²) < 4.78 is 13.1. The van der Waals surface area contributed by atoms with Gasteiger partial charge in [-0.15, -0.1) is 0 Å². The lowest BCUT2D eigenvalue weighted by molar-refractivity contribution is -0.0860. The number of carbonyl (C=O) groups excluding carboxylic acids is 1. The lowest BCUT2D eigenvalue weighted by Gasteiger charge is -2.46. The third kappa shape index (κ3) is 2.38. The van der Waals surface area contributed by atoms with Crippen LogP contribution in [0.25, 0.3) is 0 Å². The number of aryl methyl sites for hydroxylation is 1. The van der Waals surface area contributed by atoms with Crippen molar-refractivity contribution in [1.82, 2.24) is 4.90 Å². The molecule has 1 saturated heterocycles. The second-order valence-corrected chi connectivity index (χ2v) is 5.09. The Morgan fingerprint density at radius 1 is 1.50 bits per heavy atom. The van der Waals surface area contributed by atoms with E-state index in [-0.39, 0.29) is 5.91 Å². The minimum absolute atomic E-state index is 0.201. The summed E-state index contributed by atoms with van der Waals surface area (Å²) in [6, 6.07) is 4.20. The molecule has 0 aromatic heterocycles. The van der Waals surface area contributed by atoms with Crippen molar-refractivity contribution in [3.05, 3.63) is 35.1 Å². The molecule has 1 heterocycles. The van der Waals surface area contributed by atoms with E-state index in [2.05, 4.69) is 0 Å². The number of carbonyl (C=O) groups is 1. The van der Waals surface area contributed by atoms with Crippen LogP contribution in [-0.4, -0.2) is 34.6 Å². The molecule has 0 radical (unpaired) electrons. The Hall–Kier alpha value is -1.42. The van der Waals surface area contributed by atoms with Crippen LogP contribution in [0.4, 0.5) is 4.39 Å². The highest BCUT2D eigenvalue weighted by Gasteiger charge is 2.43. The molecular formula is C14H18FNO2. The lowest BCUT2D eigenvalue weighted by Crippen LogP contribution is -2.63. The number of nitrogens with zero attached hydrogens (tertiary/aromatic N) is 1. The first kappa shape index (κ1) is 13.0. The summed E-state index contributed by atoms with van der Waals surface area (Å²) in [6.45, 7) is 4.47. The van der Waals surface area contributed by atoms with Crippen LogP contribution in [0.1, 0.15) is 35.7 Å². The SMILES string of the molecule is CCCC1(O)CN(C(=O)c2cc(F)ccc2C)C1. The molecule has 0 saturated carbocycles. The molecule has 18 heavy (non-hydrogen) atoms. The maximum Gasteiger partial charge on any atom is 0.254 e. The summed E-state index contributed by atoms with van der Waals surface area (Å²) in [4.78, 5) is 13.7. The number of rotatable bonds is 3. The smallest absolute Gasteiger partial charge is 0.254 e. The molecule has 4 heteroatoms. The first-order chi connectivity index (χ1) is 8.45. The summed E-state index contributed by atoms with van der Waals surface area (Å²) >= 11 is 0. The largest absolute Gasteiger partial charge is 0.386 e. The van der Waals surface area contributed by atoms with E-state index in [1.807, 2.05) is 6.92 Å². The van der Waals surface area contributed by atoms with E-state index in [4.69, 9.17) is 0 Å². The van der Waals surface area contributed by atoms with E-state index in [1.165, 1.54) is 12.1 Å². The molecule has 1 amide bonds. The zero-order chi connectivity index (χ0) is 13.3. The van der Waals surface area contributed by atoms with Crippen molar-refractivity contribution in [3.63, 3.8) is 0 Å². The van der Waals surface area contributed by atoms with Gasteiger partial charge in [0.15, 0.2) is 0 Å². The van der Waals surface area contributed by atoms with E-state index in [0.717, 1.165) is 12.0 Å². The molecule has 3 nitrogen and oxygen atoms in total. The fourth-order valence-corrected chi connectivity index (χ4v) is 2.43. The molecule has 0 spiro atoms. The standard InChI is InChI=1S/C14H18FNO2/c1-3-6-14(18)8-16(9-14)13(17)12-7-11(15)5-4-10(12)2/h4-5,7,18H,3,6,8-9H2,1-2H3. The maximum atomic E-state index is 13.1. The first-order valence-corrected chi connectivity index (χ1v) is 6.23. The normalized spacial score (nSPS) is 17.4. The van der Waals surface area contributed by atoms with Crippen LogP contribution >= 0.6 is 0 Å². The van der Waals surface area contributed by atoms with Crippen molar-refractivity contribution < 1.29 is 14.3 Å². The minimum atomic E-state index is -0.744. The fraction of sp³-hybridized carbons (Fsp3) is 0.500. The van der Waals surface area contributed by atoms with Gasteiger partial charge in [-0.05, 0) is 31.0 Å². The third-order valence-corrected chi connectivity index (χ3v) is 3.40. The average molecular weight is 251 g/mol. The zero-order valence-corrected chi connectivity index (χ0v) is 10.7. The molecule has 1 aromatic carbocycles. The van der Waals surface area contributed by atoms with Gasteiger partial charge in [0.25, 0.3) is 5.91 Å². The van der Waals surface area contributed by atoms with Crippen molar-refractivity contribution in [2.75, 3.05) is 13.1 Å². The predicted octanol–water partition coefficient (Wildman–Crippen LogP) is 2.12. The van der Waals surface area contributed by atoms with Gasteiger partial charge in [0.1, 0.15) is 5.82 Å². The Bertz CT molecular complexity index is 467. The highest BCUT2D eigenvalue weighted by atomic mass is 19.1. The van der Waals surface area contributed by atoms with Crippen LogP contribution in [0.3, 0.4) is 0 Å². The van der Waals surface area contributed by atoms with Gasteiger partial charge >= 0.3 is 0 Å².